The third-order valence-electron chi connectivity index (χ3n) is 3.36. The van der Waals surface area contributed by atoms with E-state index in [0.717, 1.165) is 11.8 Å². The van der Waals surface area contributed by atoms with Gasteiger partial charge in [0, 0.05) is 18.2 Å². The SMILES string of the molecule is C[C@H](CSC(=O)CNC(=O)OCN=O)C(=O)N1CCC[C@H]1C(=O)O. The van der Waals surface area contributed by atoms with Crippen molar-refractivity contribution >= 4 is 34.8 Å². The van der Waals surface area contributed by atoms with E-state index in [2.05, 4.69) is 15.2 Å². The van der Waals surface area contributed by atoms with Crippen LogP contribution in [0.1, 0.15) is 19.8 Å². The number of nitrogens with zero attached hydrogens (tertiary/aromatic N) is 2. The van der Waals surface area contributed by atoms with Gasteiger partial charge in [-0.15, -0.1) is 4.91 Å². The maximum atomic E-state index is 12.3. The van der Waals surface area contributed by atoms with Crippen LogP contribution in [-0.4, -0.2) is 64.7 Å². The van der Waals surface area contributed by atoms with Crippen molar-refractivity contribution in [3.05, 3.63) is 4.91 Å². The second kappa shape index (κ2) is 9.85. The molecule has 1 rings (SSSR count). The molecule has 1 fully saturated rings. The van der Waals surface area contributed by atoms with Gasteiger partial charge in [0.05, 0.1) is 6.54 Å². The predicted octanol–water partition coefficient (Wildman–Crippen LogP) is 0.408. The summed E-state index contributed by atoms with van der Waals surface area (Å²) in [4.78, 5) is 57.1. The molecule has 11 heteroatoms. The minimum absolute atomic E-state index is 0.174. The summed E-state index contributed by atoms with van der Waals surface area (Å²) < 4.78 is 4.30. The van der Waals surface area contributed by atoms with Crippen LogP contribution in [0.2, 0.25) is 0 Å². The molecule has 0 bridgehead atoms. The van der Waals surface area contributed by atoms with Gasteiger partial charge in [-0.25, -0.2) is 9.59 Å². The fraction of sp³-hybridized carbons (Fsp3) is 0.692. The molecular formula is C13H19N3O7S. The van der Waals surface area contributed by atoms with Crippen molar-refractivity contribution in [3.8, 4) is 0 Å². The van der Waals surface area contributed by atoms with E-state index in [0.29, 0.717) is 19.4 Å². The monoisotopic (exact) mass is 361 g/mol. The highest BCUT2D eigenvalue weighted by molar-refractivity contribution is 8.13. The van der Waals surface area contributed by atoms with Gasteiger partial charge in [-0.05, 0) is 18.0 Å². The van der Waals surface area contributed by atoms with Gasteiger partial charge in [0.1, 0.15) is 6.04 Å². The number of carbonyl (C=O) groups excluding carboxylic acids is 3. The number of alkyl carbamates (subject to hydrolysis) is 1. The van der Waals surface area contributed by atoms with Crippen molar-refractivity contribution in [3.63, 3.8) is 0 Å². The number of hydrogen-bond donors (Lipinski definition) is 2. The van der Waals surface area contributed by atoms with E-state index in [-0.39, 0.29) is 23.3 Å². The summed E-state index contributed by atoms with van der Waals surface area (Å²) in [6.45, 7) is 1.07. The summed E-state index contributed by atoms with van der Waals surface area (Å²) in [7, 11) is 0. The second-order valence-corrected chi connectivity index (χ2v) is 6.23. The standard InChI is InChI=1S/C13H19N3O7S/c1-8(11(18)16-4-2-3-9(16)12(19)20)6-24-10(17)5-14-13(21)23-7-15-22/h8-9H,2-7H2,1H3,(H,14,21)(H,19,20)/t8-,9+/m1/s1. The van der Waals surface area contributed by atoms with Crippen LogP contribution in [0.15, 0.2) is 5.18 Å². The van der Waals surface area contributed by atoms with Crippen molar-refractivity contribution in [1.29, 1.82) is 0 Å². The van der Waals surface area contributed by atoms with Crippen LogP contribution in [-0.2, 0) is 19.1 Å². The molecule has 0 aromatic rings. The van der Waals surface area contributed by atoms with Crippen LogP contribution < -0.4 is 5.32 Å². The molecule has 24 heavy (non-hydrogen) atoms. The number of nitroso groups, excluding NO2 is 1. The number of rotatable bonds is 8. The Labute approximate surface area is 142 Å². The zero-order valence-corrected chi connectivity index (χ0v) is 13.9. The van der Waals surface area contributed by atoms with Gasteiger partial charge in [0.25, 0.3) is 0 Å². The number of carboxylic acid groups (broad SMARTS) is 1. The topological polar surface area (TPSA) is 142 Å². The first-order valence-electron chi connectivity index (χ1n) is 7.25. The highest BCUT2D eigenvalue weighted by Gasteiger charge is 2.35. The normalized spacial score (nSPS) is 17.9. The summed E-state index contributed by atoms with van der Waals surface area (Å²) in [6, 6.07) is -0.802. The molecule has 134 valence electrons. The number of likely N-dealkylation sites (tertiary alicyclic amines) is 1. The molecule has 1 aliphatic rings. The molecule has 0 radical (unpaired) electrons. The van der Waals surface area contributed by atoms with Gasteiger partial charge in [0.2, 0.25) is 17.8 Å². The Bertz CT molecular complexity index is 514. The van der Waals surface area contributed by atoms with E-state index in [4.69, 9.17) is 5.11 Å². The highest BCUT2D eigenvalue weighted by Crippen LogP contribution is 2.21. The van der Waals surface area contributed by atoms with E-state index in [9.17, 15) is 24.1 Å². The number of carbonyl (C=O) groups is 4. The Morgan fingerprint density at radius 1 is 1.42 bits per heavy atom. The Kier molecular flexibility index (Phi) is 8.16. The van der Waals surface area contributed by atoms with Crippen LogP contribution in [0.4, 0.5) is 4.79 Å². The average molecular weight is 361 g/mol. The lowest BCUT2D eigenvalue weighted by molar-refractivity contribution is -0.149. The number of hydrogen-bond acceptors (Lipinski definition) is 8. The molecule has 0 aliphatic carbocycles. The Morgan fingerprint density at radius 3 is 2.75 bits per heavy atom. The quantitative estimate of drug-likeness (QED) is 0.592. The van der Waals surface area contributed by atoms with E-state index in [1.807, 2.05) is 0 Å². The minimum atomic E-state index is -1.02. The van der Waals surface area contributed by atoms with Crippen LogP contribution in [0.25, 0.3) is 0 Å². The summed E-state index contributed by atoms with van der Waals surface area (Å²) in [5.41, 5.74) is 0. The van der Waals surface area contributed by atoms with Crippen molar-refractivity contribution in [2.24, 2.45) is 11.1 Å². The van der Waals surface area contributed by atoms with Gasteiger partial charge in [-0.3, -0.25) is 9.59 Å². The second-order valence-electron chi connectivity index (χ2n) is 5.16. The number of carboxylic acids is 1. The molecule has 2 atom stereocenters. The van der Waals surface area contributed by atoms with Crippen molar-refractivity contribution in [2.75, 3.05) is 25.6 Å². The third kappa shape index (κ3) is 6.14. The molecule has 1 heterocycles. The fourth-order valence-corrected chi connectivity index (χ4v) is 2.94. The van der Waals surface area contributed by atoms with Crippen LogP contribution >= 0.6 is 11.8 Å². The number of thioether (sulfide) groups is 1. The molecule has 0 aromatic carbocycles. The molecule has 0 saturated carbocycles. The van der Waals surface area contributed by atoms with Gasteiger partial charge in [-0.2, -0.15) is 0 Å². The number of nitrogens with one attached hydrogen (secondary N) is 1. The highest BCUT2D eigenvalue weighted by atomic mass is 32.2. The lowest BCUT2D eigenvalue weighted by atomic mass is 10.1. The van der Waals surface area contributed by atoms with Crippen LogP contribution in [0, 0.1) is 10.8 Å². The first-order valence-corrected chi connectivity index (χ1v) is 8.24. The number of amides is 2. The third-order valence-corrected chi connectivity index (χ3v) is 4.50. The van der Waals surface area contributed by atoms with E-state index >= 15 is 0 Å². The summed E-state index contributed by atoms with van der Waals surface area (Å²) in [5, 5.41) is 13.2. The Hall–Kier alpha value is -2.17. The summed E-state index contributed by atoms with van der Waals surface area (Å²) in [6.07, 6.45) is 0.138. The summed E-state index contributed by atoms with van der Waals surface area (Å²) in [5.74, 6) is -1.67. The van der Waals surface area contributed by atoms with Crippen molar-refractivity contribution < 1.29 is 29.0 Å². The van der Waals surface area contributed by atoms with E-state index in [1.54, 1.807) is 6.92 Å². The molecule has 0 aromatic heterocycles. The largest absolute Gasteiger partial charge is 0.480 e. The average Bonchev–Trinajstić information content (AvgIpc) is 3.04. The van der Waals surface area contributed by atoms with Crippen molar-refractivity contribution in [1.82, 2.24) is 10.2 Å². The molecule has 2 N–H and O–H groups in total. The zero-order valence-electron chi connectivity index (χ0n) is 13.1. The van der Waals surface area contributed by atoms with Crippen LogP contribution in [0.5, 0.6) is 0 Å². The Balaban J connectivity index is 2.34. The summed E-state index contributed by atoms with van der Waals surface area (Å²) >= 11 is 0.858. The Morgan fingerprint density at radius 2 is 2.12 bits per heavy atom. The fourth-order valence-electron chi connectivity index (χ4n) is 2.19. The number of ether oxygens (including phenoxy) is 1. The maximum Gasteiger partial charge on any atom is 0.409 e. The molecule has 1 saturated heterocycles. The first-order chi connectivity index (χ1) is 11.4. The molecule has 10 nitrogen and oxygen atoms in total. The van der Waals surface area contributed by atoms with Gasteiger partial charge in [0.15, 0.2) is 0 Å². The molecule has 0 unspecified atom stereocenters. The molecule has 0 spiro atoms. The lowest BCUT2D eigenvalue weighted by Gasteiger charge is -2.24. The minimum Gasteiger partial charge on any atom is -0.480 e. The number of aliphatic carboxylic acids is 1. The van der Waals surface area contributed by atoms with Crippen LogP contribution in [0.3, 0.4) is 0 Å². The molecule has 2 amide bonds. The van der Waals surface area contributed by atoms with Gasteiger partial charge < -0.3 is 20.1 Å². The lowest BCUT2D eigenvalue weighted by Crippen LogP contribution is -2.43. The van der Waals surface area contributed by atoms with E-state index < -0.39 is 30.8 Å². The first kappa shape index (κ1) is 19.9. The van der Waals surface area contributed by atoms with Gasteiger partial charge in [-0.1, -0.05) is 18.7 Å². The predicted molar refractivity (Wildman–Crippen MR) is 84.1 cm³/mol. The van der Waals surface area contributed by atoms with Crippen molar-refractivity contribution in [2.45, 2.75) is 25.8 Å². The molecule has 1 aliphatic heterocycles. The van der Waals surface area contributed by atoms with E-state index in [1.165, 1.54) is 4.90 Å². The smallest absolute Gasteiger partial charge is 0.409 e. The molecular weight excluding hydrogens is 342 g/mol. The van der Waals surface area contributed by atoms with Gasteiger partial charge >= 0.3 is 12.1 Å². The zero-order chi connectivity index (χ0) is 18.1. The maximum absolute atomic E-state index is 12.3.